The molecule has 5 rings (SSSR count). The molecule has 4 aromatic carbocycles. The van der Waals surface area contributed by atoms with Gasteiger partial charge in [-0.2, -0.15) is 5.10 Å². The lowest BCUT2D eigenvalue weighted by atomic mass is 10.0. The van der Waals surface area contributed by atoms with Gasteiger partial charge in [0.25, 0.3) is 0 Å². The molecule has 1 aromatic heterocycles. The number of rotatable bonds is 7. The van der Waals surface area contributed by atoms with E-state index in [0.29, 0.717) is 22.7 Å². The van der Waals surface area contributed by atoms with Crippen molar-refractivity contribution in [2.24, 2.45) is 5.10 Å². The summed E-state index contributed by atoms with van der Waals surface area (Å²) >= 11 is 0. The molecule has 0 unspecified atom stereocenters. The van der Waals surface area contributed by atoms with Gasteiger partial charge in [-0.15, -0.1) is 0 Å². The molecule has 2 amide bonds. The Labute approximate surface area is 207 Å². The predicted octanol–water partition coefficient (Wildman–Crippen LogP) is 5.81. The standard InChI is InChI=1S/C29H25N3O4/c1-18(31-32-29(34)15-20-10-7-9-19-8-3-4-11-21(19)20)14-28(33)30-24-17-26-23(16-27(24)35-2)22-12-5-6-13-25(22)36-26/h3-13,16-17H,14-15H2,1-2H3,(H,30,33)(H,32,34). The highest BCUT2D eigenvalue weighted by Crippen LogP contribution is 2.36. The van der Waals surface area contributed by atoms with Gasteiger partial charge in [0.1, 0.15) is 16.9 Å². The number of carbonyl (C=O) groups excluding carboxylic acids is 2. The average molecular weight is 480 g/mol. The van der Waals surface area contributed by atoms with Crippen LogP contribution < -0.4 is 15.5 Å². The number of amides is 2. The molecule has 1 heterocycles. The summed E-state index contributed by atoms with van der Waals surface area (Å²) in [6.07, 6.45) is 0.203. The average Bonchev–Trinajstić information content (AvgIpc) is 3.24. The summed E-state index contributed by atoms with van der Waals surface area (Å²) in [4.78, 5) is 25.2. The Morgan fingerprint density at radius 1 is 0.861 bits per heavy atom. The number of methoxy groups -OCH3 is 1. The normalized spacial score (nSPS) is 11.7. The second-order valence-corrected chi connectivity index (χ2v) is 8.57. The summed E-state index contributed by atoms with van der Waals surface area (Å²) in [6.45, 7) is 1.69. The second kappa shape index (κ2) is 9.92. The highest BCUT2D eigenvalue weighted by Gasteiger charge is 2.15. The van der Waals surface area contributed by atoms with Crippen molar-refractivity contribution >= 4 is 55.9 Å². The minimum atomic E-state index is -0.284. The van der Waals surface area contributed by atoms with Crippen LogP contribution in [-0.2, 0) is 16.0 Å². The molecule has 0 saturated heterocycles. The molecule has 0 bridgehead atoms. The first-order valence-electron chi connectivity index (χ1n) is 11.6. The van der Waals surface area contributed by atoms with E-state index in [1.54, 1.807) is 20.1 Å². The molecular formula is C29H25N3O4. The maximum absolute atomic E-state index is 12.7. The van der Waals surface area contributed by atoms with Gasteiger partial charge < -0.3 is 14.5 Å². The number of nitrogens with one attached hydrogen (secondary N) is 2. The number of furan rings is 1. The van der Waals surface area contributed by atoms with Gasteiger partial charge in [-0.05, 0) is 35.4 Å². The lowest BCUT2D eigenvalue weighted by molar-refractivity contribution is -0.120. The number of nitrogens with zero attached hydrogens (tertiary/aromatic N) is 1. The van der Waals surface area contributed by atoms with Crippen molar-refractivity contribution in [2.75, 3.05) is 12.4 Å². The number of hydrazone groups is 1. The lowest BCUT2D eigenvalue weighted by Crippen LogP contribution is -2.23. The summed E-state index contributed by atoms with van der Waals surface area (Å²) in [5, 5.41) is 11.0. The van der Waals surface area contributed by atoms with E-state index in [0.717, 1.165) is 32.7 Å². The first-order chi connectivity index (χ1) is 17.5. The number of hydrogen-bond acceptors (Lipinski definition) is 5. The Kier molecular flexibility index (Phi) is 6.36. The van der Waals surface area contributed by atoms with E-state index in [2.05, 4.69) is 15.8 Å². The third-order valence-electron chi connectivity index (χ3n) is 5.99. The molecule has 0 radical (unpaired) electrons. The van der Waals surface area contributed by atoms with E-state index in [4.69, 9.17) is 9.15 Å². The zero-order valence-electron chi connectivity index (χ0n) is 20.0. The molecule has 0 aliphatic carbocycles. The van der Waals surface area contributed by atoms with E-state index in [1.807, 2.05) is 72.8 Å². The number of fused-ring (bicyclic) bond motifs is 4. The Morgan fingerprint density at radius 2 is 1.61 bits per heavy atom. The fourth-order valence-electron chi connectivity index (χ4n) is 4.30. The van der Waals surface area contributed by atoms with Crippen LogP contribution >= 0.6 is 0 Å². The molecule has 0 aliphatic rings. The molecule has 0 spiro atoms. The molecule has 36 heavy (non-hydrogen) atoms. The van der Waals surface area contributed by atoms with Gasteiger partial charge in [-0.25, -0.2) is 5.43 Å². The maximum Gasteiger partial charge on any atom is 0.244 e. The minimum absolute atomic E-state index is 0.00979. The van der Waals surface area contributed by atoms with Crippen molar-refractivity contribution in [3.63, 3.8) is 0 Å². The Hall–Kier alpha value is -4.65. The quantitative estimate of drug-likeness (QED) is 0.228. The Balaban J connectivity index is 1.24. The topological polar surface area (TPSA) is 92.9 Å². The SMILES string of the molecule is COc1cc2c(cc1NC(=O)CC(C)=NNC(=O)Cc1cccc3ccccc13)oc1ccccc12. The van der Waals surface area contributed by atoms with Crippen molar-refractivity contribution in [2.45, 2.75) is 19.8 Å². The number of para-hydroxylation sites is 1. The summed E-state index contributed by atoms with van der Waals surface area (Å²) in [6, 6.07) is 25.1. The van der Waals surface area contributed by atoms with Gasteiger partial charge in [-0.3, -0.25) is 9.59 Å². The van der Waals surface area contributed by atoms with Crippen LogP contribution in [0.4, 0.5) is 5.69 Å². The third kappa shape index (κ3) is 4.77. The van der Waals surface area contributed by atoms with Gasteiger partial charge in [-0.1, -0.05) is 60.7 Å². The van der Waals surface area contributed by atoms with Crippen LogP contribution in [0.3, 0.4) is 0 Å². The largest absolute Gasteiger partial charge is 0.495 e. The van der Waals surface area contributed by atoms with E-state index >= 15 is 0 Å². The highest BCUT2D eigenvalue weighted by molar-refractivity contribution is 6.10. The number of hydrogen-bond donors (Lipinski definition) is 2. The molecule has 180 valence electrons. The van der Waals surface area contributed by atoms with E-state index < -0.39 is 0 Å². The number of ether oxygens (including phenoxy) is 1. The number of benzene rings is 4. The summed E-state index contributed by atoms with van der Waals surface area (Å²) in [5.74, 6) is -0.00295. The molecule has 0 aliphatic heterocycles. The fraction of sp³-hybridized carbons (Fsp3) is 0.138. The molecule has 0 fully saturated rings. The van der Waals surface area contributed by atoms with Gasteiger partial charge in [0, 0.05) is 22.6 Å². The molecule has 2 N–H and O–H groups in total. The van der Waals surface area contributed by atoms with Crippen LogP contribution in [0.5, 0.6) is 5.75 Å². The zero-order chi connectivity index (χ0) is 25.1. The van der Waals surface area contributed by atoms with Gasteiger partial charge in [0.15, 0.2) is 0 Å². The van der Waals surface area contributed by atoms with Crippen molar-refractivity contribution < 1.29 is 18.7 Å². The van der Waals surface area contributed by atoms with Crippen molar-refractivity contribution in [1.29, 1.82) is 0 Å². The predicted molar refractivity (Wildman–Crippen MR) is 142 cm³/mol. The van der Waals surface area contributed by atoms with Gasteiger partial charge in [0.2, 0.25) is 11.8 Å². The smallest absolute Gasteiger partial charge is 0.244 e. The first-order valence-corrected chi connectivity index (χ1v) is 11.6. The number of anilines is 1. The van der Waals surface area contributed by atoms with Gasteiger partial charge in [0.05, 0.1) is 25.6 Å². The summed E-state index contributed by atoms with van der Waals surface area (Å²) < 4.78 is 11.4. The van der Waals surface area contributed by atoms with E-state index in [-0.39, 0.29) is 24.7 Å². The lowest BCUT2D eigenvalue weighted by Gasteiger charge is -2.10. The molecule has 5 aromatic rings. The van der Waals surface area contributed by atoms with Crippen molar-refractivity contribution in [3.8, 4) is 5.75 Å². The highest BCUT2D eigenvalue weighted by atomic mass is 16.5. The fourth-order valence-corrected chi connectivity index (χ4v) is 4.30. The van der Waals surface area contributed by atoms with Crippen molar-refractivity contribution in [3.05, 3.63) is 84.4 Å². The summed E-state index contributed by atoms with van der Waals surface area (Å²) in [7, 11) is 1.55. The molecule has 0 atom stereocenters. The summed E-state index contributed by atoms with van der Waals surface area (Å²) in [5.41, 5.74) is 5.87. The van der Waals surface area contributed by atoms with E-state index in [1.165, 1.54) is 0 Å². The molecular weight excluding hydrogens is 454 g/mol. The van der Waals surface area contributed by atoms with Crippen molar-refractivity contribution in [1.82, 2.24) is 5.43 Å². The monoisotopic (exact) mass is 479 g/mol. The van der Waals surface area contributed by atoms with Crippen LogP contribution in [0.15, 0.2) is 88.4 Å². The third-order valence-corrected chi connectivity index (χ3v) is 5.99. The Bertz CT molecular complexity index is 1630. The van der Waals surface area contributed by atoms with Crippen LogP contribution in [0.25, 0.3) is 32.7 Å². The second-order valence-electron chi connectivity index (χ2n) is 8.57. The van der Waals surface area contributed by atoms with Crippen LogP contribution in [0.1, 0.15) is 18.9 Å². The van der Waals surface area contributed by atoms with Crippen LogP contribution in [0, 0.1) is 0 Å². The number of carbonyl (C=O) groups is 2. The van der Waals surface area contributed by atoms with Crippen LogP contribution in [0.2, 0.25) is 0 Å². The molecule has 7 heteroatoms. The van der Waals surface area contributed by atoms with Gasteiger partial charge >= 0.3 is 0 Å². The van der Waals surface area contributed by atoms with Crippen LogP contribution in [-0.4, -0.2) is 24.6 Å². The zero-order valence-corrected chi connectivity index (χ0v) is 20.0. The van der Waals surface area contributed by atoms with E-state index in [9.17, 15) is 9.59 Å². The minimum Gasteiger partial charge on any atom is -0.495 e. The first kappa shape index (κ1) is 23.1. The molecule has 0 saturated carbocycles. The Morgan fingerprint density at radius 3 is 2.44 bits per heavy atom. The molecule has 7 nitrogen and oxygen atoms in total. The maximum atomic E-state index is 12.7.